The summed E-state index contributed by atoms with van der Waals surface area (Å²) in [6.07, 6.45) is 3.72. The van der Waals surface area contributed by atoms with Crippen molar-refractivity contribution >= 4 is 45.0 Å². The van der Waals surface area contributed by atoms with Gasteiger partial charge in [-0.2, -0.15) is 4.98 Å². The number of fused-ring (bicyclic) bond motifs is 3. The number of hydrogen-bond acceptors (Lipinski definition) is 7. The van der Waals surface area contributed by atoms with Gasteiger partial charge in [-0.1, -0.05) is 18.2 Å². The molecule has 33 heavy (non-hydrogen) atoms. The highest BCUT2D eigenvalue weighted by Gasteiger charge is 2.31. The lowest BCUT2D eigenvalue weighted by atomic mass is 9.94. The molecule has 2 aliphatic rings. The van der Waals surface area contributed by atoms with Crippen molar-refractivity contribution in [3.8, 4) is 0 Å². The first-order valence-corrected chi connectivity index (χ1v) is 11.8. The molecule has 168 valence electrons. The summed E-state index contributed by atoms with van der Waals surface area (Å²) in [4.78, 5) is 15.2. The van der Waals surface area contributed by atoms with Gasteiger partial charge in [0.25, 0.3) is 10.0 Å². The molecule has 1 aromatic heterocycles. The molecule has 8 nitrogen and oxygen atoms in total. The molecule has 0 fully saturated rings. The predicted molar refractivity (Wildman–Crippen MR) is 127 cm³/mol. The molecular weight excluding hydrogens is 443 g/mol. The van der Waals surface area contributed by atoms with Gasteiger partial charge in [-0.15, -0.1) is 0 Å². The first kappa shape index (κ1) is 21.1. The second-order valence-electron chi connectivity index (χ2n) is 7.70. The molecule has 3 aromatic rings. The summed E-state index contributed by atoms with van der Waals surface area (Å²) in [6.45, 7) is 3.27. The number of nitrogens with one attached hydrogen (secondary N) is 2. The van der Waals surface area contributed by atoms with E-state index in [1.807, 2.05) is 24.0 Å². The van der Waals surface area contributed by atoms with Crippen LogP contribution in [0.15, 0.2) is 58.5 Å². The number of nitrogens with zero attached hydrogens (tertiary/aromatic N) is 4. The molecule has 0 spiro atoms. The third-order valence-corrected chi connectivity index (χ3v) is 6.98. The highest BCUT2D eigenvalue weighted by atomic mass is 32.2. The SMILES string of the molecule is CNc1ncc2c(n1)N1CCN=C1C(c1cc(NS(=O)(=O)c3ccccc3F)ccc1C)=C2. The molecule has 5 rings (SSSR count). The van der Waals surface area contributed by atoms with Crippen molar-refractivity contribution < 1.29 is 12.8 Å². The lowest BCUT2D eigenvalue weighted by molar-refractivity contribution is 0.570. The average Bonchev–Trinajstić information content (AvgIpc) is 3.30. The van der Waals surface area contributed by atoms with Crippen LogP contribution in [0.5, 0.6) is 0 Å². The zero-order chi connectivity index (χ0) is 23.2. The molecule has 0 aliphatic carbocycles. The Kier molecular flexibility index (Phi) is 5.09. The van der Waals surface area contributed by atoms with Crippen molar-refractivity contribution in [2.45, 2.75) is 11.8 Å². The number of aromatic nitrogens is 2. The first-order chi connectivity index (χ1) is 15.9. The highest BCUT2D eigenvalue weighted by Crippen LogP contribution is 2.37. The van der Waals surface area contributed by atoms with E-state index in [-0.39, 0.29) is 0 Å². The number of aliphatic imine (C=N–C) groups is 1. The summed E-state index contributed by atoms with van der Waals surface area (Å²) in [7, 11) is -2.32. The zero-order valence-electron chi connectivity index (χ0n) is 18.0. The molecular formula is C23H21FN6O2S. The standard InChI is InChI=1S/C23H21FN6O2S/c1-14-7-8-16(29-33(31,32)20-6-4-3-5-19(20)24)12-17(14)18-11-15-13-27-23(25-2)28-21(15)30-10-9-26-22(18)30/h3-8,11-13,29H,9-10H2,1-2H3,(H,25,27,28). The lowest BCUT2D eigenvalue weighted by Crippen LogP contribution is -2.32. The average molecular weight is 465 g/mol. The second kappa shape index (κ2) is 7.96. The smallest absolute Gasteiger partial charge is 0.264 e. The van der Waals surface area contributed by atoms with Gasteiger partial charge < -0.3 is 10.2 Å². The molecule has 0 radical (unpaired) electrons. The third kappa shape index (κ3) is 3.72. The second-order valence-corrected chi connectivity index (χ2v) is 9.35. The maximum atomic E-state index is 14.1. The Morgan fingerprint density at radius 3 is 2.76 bits per heavy atom. The topological polar surface area (TPSA) is 99.6 Å². The van der Waals surface area contributed by atoms with Gasteiger partial charge in [-0.3, -0.25) is 9.71 Å². The van der Waals surface area contributed by atoms with E-state index in [2.05, 4.69) is 25.0 Å². The zero-order valence-corrected chi connectivity index (χ0v) is 18.8. The summed E-state index contributed by atoms with van der Waals surface area (Å²) < 4.78 is 42.2. The monoisotopic (exact) mass is 464 g/mol. The number of amidine groups is 1. The third-order valence-electron chi connectivity index (χ3n) is 5.56. The maximum absolute atomic E-state index is 14.1. The van der Waals surface area contributed by atoms with Crippen LogP contribution in [0.25, 0.3) is 11.6 Å². The number of aryl methyl sites for hydroxylation is 1. The fourth-order valence-corrected chi connectivity index (χ4v) is 5.10. The minimum Gasteiger partial charge on any atom is -0.357 e. The van der Waals surface area contributed by atoms with Gasteiger partial charge in [0, 0.05) is 36.6 Å². The van der Waals surface area contributed by atoms with E-state index in [1.165, 1.54) is 18.2 Å². The number of rotatable bonds is 5. The molecule has 3 heterocycles. The number of hydrogen-bond donors (Lipinski definition) is 2. The Bertz CT molecular complexity index is 1430. The molecule has 0 amide bonds. The largest absolute Gasteiger partial charge is 0.357 e. The van der Waals surface area contributed by atoms with Crippen molar-refractivity contribution in [3.05, 3.63) is 71.2 Å². The lowest BCUT2D eigenvalue weighted by Gasteiger charge is -2.28. The van der Waals surface area contributed by atoms with Gasteiger partial charge in [-0.05, 0) is 48.4 Å². The minimum atomic E-state index is -4.09. The Morgan fingerprint density at radius 2 is 1.97 bits per heavy atom. The highest BCUT2D eigenvalue weighted by molar-refractivity contribution is 7.92. The van der Waals surface area contributed by atoms with E-state index >= 15 is 0 Å². The van der Waals surface area contributed by atoms with Gasteiger partial charge in [-0.25, -0.2) is 17.8 Å². The van der Waals surface area contributed by atoms with Crippen LogP contribution < -0.4 is 14.9 Å². The van der Waals surface area contributed by atoms with Crippen LogP contribution in [0.2, 0.25) is 0 Å². The molecule has 10 heteroatoms. The molecule has 0 saturated carbocycles. The number of benzene rings is 2. The Balaban J connectivity index is 1.57. The number of halogens is 1. The summed E-state index contributed by atoms with van der Waals surface area (Å²) in [6, 6.07) is 10.5. The molecule has 2 N–H and O–H groups in total. The van der Waals surface area contributed by atoms with Gasteiger partial charge in [0.2, 0.25) is 5.95 Å². The normalized spacial score (nSPS) is 14.8. The van der Waals surface area contributed by atoms with Gasteiger partial charge in [0.15, 0.2) is 0 Å². The molecule has 0 bridgehead atoms. The Hall–Kier alpha value is -3.79. The van der Waals surface area contributed by atoms with E-state index in [0.29, 0.717) is 24.7 Å². The van der Waals surface area contributed by atoms with Crippen LogP contribution in [0, 0.1) is 12.7 Å². The van der Waals surface area contributed by atoms with Crippen LogP contribution in [0.1, 0.15) is 16.7 Å². The molecule has 2 aromatic carbocycles. The van der Waals surface area contributed by atoms with Crippen molar-refractivity contribution in [2.75, 3.05) is 35.1 Å². The molecule has 2 aliphatic heterocycles. The Labute approximate surface area is 191 Å². The molecule has 0 unspecified atom stereocenters. The van der Waals surface area contributed by atoms with E-state index in [0.717, 1.165) is 40.0 Å². The molecule has 0 saturated heterocycles. The van der Waals surface area contributed by atoms with E-state index in [4.69, 9.17) is 0 Å². The summed E-state index contributed by atoms with van der Waals surface area (Å²) in [5, 5.41) is 2.95. The predicted octanol–water partition coefficient (Wildman–Crippen LogP) is 3.54. The summed E-state index contributed by atoms with van der Waals surface area (Å²) in [5.41, 5.74) is 3.79. The van der Waals surface area contributed by atoms with E-state index < -0.39 is 20.7 Å². The fraction of sp³-hybridized carbons (Fsp3) is 0.174. The van der Waals surface area contributed by atoms with Gasteiger partial charge in [0.1, 0.15) is 22.4 Å². The van der Waals surface area contributed by atoms with Crippen LogP contribution >= 0.6 is 0 Å². The van der Waals surface area contributed by atoms with Crippen molar-refractivity contribution in [3.63, 3.8) is 0 Å². The van der Waals surface area contributed by atoms with Crippen molar-refractivity contribution in [2.24, 2.45) is 4.99 Å². The first-order valence-electron chi connectivity index (χ1n) is 10.3. The van der Waals surface area contributed by atoms with Crippen LogP contribution in [-0.2, 0) is 10.0 Å². The van der Waals surface area contributed by atoms with Gasteiger partial charge in [0.05, 0.1) is 6.54 Å². The van der Waals surface area contributed by atoms with Crippen LogP contribution in [0.4, 0.5) is 21.8 Å². The molecule has 0 atom stereocenters. The van der Waals surface area contributed by atoms with E-state index in [1.54, 1.807) is 25.4 Å². The maximum Gasteiger partial charge on any atom is 0.264 e. The number of sulfonamides is 1. The van der Waals surface area contributed by atoms with E-state index in [9.17, 15) is 12.8 Å². The summed E-state index contributed by atoms with van der Waals surface area (Å²) >= 11 is 0. The van der Waals surface area contributed by atoms with Crippen molar-refractivity contribution in [1.82, 2.24) is 9.97 Å². The quantitative estimate of drug-likeness (QED) is 0.599. The van der Waals surface area contributed by atoms with Crippen LogP contribution in [-0.4, -0.2) is 44.4 Å². The van der Waals surface area contributed by atoms with Crippen molar-refractivity contribution in [1.29, 1.82) is 0 Å². The van der Waals surface area contributed by atoms with Gasteiger partial charge >= 0.3 is 0 Å². The number of anilines is 3. The van der Waals surface area contributed by atoms with Crippen LogP contribution in [0.3, 0.4) is 0 Å². The fourth-order valence-electron chi connectivity index (χ4n) is 3.97. The summed E-state index contributed by atoms with van der Waals surface area (Å²) in [5.74, 6) is 1.28. The Morgan fingerprint density at radius 1 is 1.15 bits per heavy atom. The minimum absolute atomic E-state index is 0.331.